The van der Waals surface area contributed by atoms with Gasteiger partial charge in [0.05, 0.1) is 30.6 Å². The van der Waals surface area contributed by atoms with E-state index in [1.165, 1.54) is 13.5 Å². The van der Waals surface area contributed by atoms with Gasteiger partial charge in [0.1, 0.15) is 11.4 Å². The number of aryl methyl sites for hydroxylation is 1. The van der Waals surface area contributed by atoms with Crippen LogP contribution >= 0.6 is 0 Å². The van der Waals surface area contributed by atoms with Crippen molar-refractivity contribution in [1.82, 2.24) is 9.97 Å². The minimum Gasteiger partial charge on any atom is -0.491 e. The molecule has 7 heteroatoms. The number of aromatic amines is 1. The molecule has 0 spiro atoms. The number of esters is 1. The molecule has 1 aliphatic rings. The Bertz CT molecular complexity index is 1220. The molecule has 0 aliphatic carbocycles. The number of carbonyl (C=O) groups excluding carboxylic acids is 1. The number of benzene rings is 1. The SMILES string of the molecule is CCOC(=O)c1c(-c2cc3ccccc3nc2N2CCCC(C)C2)[nH]c(C)c(OC)c1=O. The second-order valence-electron chi connectivity index (χ2n) is 8.33. The van der Waals surface area contributed by atoms with Gasteiger partial charge >= 0.3 is 5.97 Å². The number of pyridine rings is 2. The van der Waals surface area contributed by atoms with Crippen LogP contribution in [0.25, 0.3) is 22.2 Å². The van der Waals surface area contributed by atoms with Crippen LogP contribution in [-0.4, -0.2) is 42.7 Å². The first-order chi connectivity index (χ1) is 15.4. The number of anilines is 1. The van der Waals surface area contributed by atoms with Crippen LogP contribution < -0.4 is 15.1 Å². The topological polar surface area (TPSA) is 84.5 Å². The van der Waals surface area contributed by atoms with Crippen molar-refractivity contribution in [3.8, 4) is 17.0 Å². The highest BCUT2D eigenvalue weighted by Gasteiger charge is 2.28. The number of H-pyrrole nitrogens is 1. The summed E-state index contributed by atoms with van der Waals surface area (Å²) in [6, 6.07) is 9.86. The van der Waals surface area contributed by atoms with Crippen LogP contribution in [0.1, 0.15) is 42.7 Å². The number of carbonyl (C=O) groups is 1. The van der Waals surface area contributed by atoms with E-state index in [1.807, 2.05) is 30.3 Å². The molecule has 1 fully saturated rings. The van der Waals surface area contributed by atoms with Gasteiger partial charge in [-0.1, -0.05) is 25.1 Å². The maximum absolute atomic E-state index is 13.3. The first-order valence-electron chi connectivity index (χ1n) is 11.1. The third kappa shape index (κ3) is 3.95. The molecule has 0 bridgehead atoms. The van der Waals surface area contributed by atoms with Crippen molar-refractivity contribution < 1.29 is 14.3 Å². The zero-order chi connectivity index (χ0) is 22.8. The number of nitrogens with zero attached hydrogens (tertiary/aromatic N) is 2. The number of rotatable bonds is 5. The highest BCUT2D eigenvalue weighted by Crippen LogP contribution is 2.36. The summed E-state index contributed by atoms with van der Waals surface area (Å²) < 4.78 is 10.5. The van der Waals surface area contributed by atoms with Gasteiger partial charge in [-0.25, -0.2) is 9.78 Å². The largest absolute Gasteiger partial charge is 0.491 e. The van der Waals surface area contributed by atoms with Crippen molar-refractivity contribution in [3.05, 3.63) is 51.8 Å². The lowest BCUT2D eigenvalue weighted by Gasteiger charge is -2.33. The molecule has 1 N–H and O–H groups in total. The molecule has 1 unspecified atom stereocenters. The minimum absolute atomic E-state index is 0.0577. The van der Waals surface area contributed by atoms with Gasteiger partial charge in [-0.05, 0) is 44.7 Å². The lowest BCUT2D eigenvalue weighted by Crippen LogP contribution is -2.35. The second kappa shape index (κ2) is 9.02. The molecule has 3 heterocycles. The Morgan fingerprint density at radius 1 is 1.31 bits per heavy atom. The quantitative estimate of drug-likeness (QED) is 0.601. The van der Waals surface area contributed by atoms with Gasteiger partial charge in [0, 0.05) is 24.0 Å². The van der Waals surface area contributed by atoms with Crippen molar-refractivity contribution in [2.24, 2.45) is 5.92 Å². The lowest BCUT2D eigenvalue weighted by molar-refractivity contribution is 0.0525. The Morgan fingerprint density at radius 2 is 2.09 bits per heavy atom. The van der Waals surface area contributed by atoms with Crippen molar-refractivity contribution >= 4 is 22.7 Å². The third-order valence-corrected chi connectivity index (χ3v) is 5.95. The number of para-hydroxylation sites is 1. The molecule has 168 valence electrons. The minimum atomic E-state index is -0.673. The molecule has 1 aliphatic heterocycles. The Hall–Kier alpha value is -3.35. The summed E-state index contributed by atoms with van der Waals surface area (Å²) >= 11 is 0. The van der Waals surface area contributed by atoms with Crippen LogP contribution in [0, 0.1) is 12.8 Å². The molecule has 7 nitrogen and oxygen atoms in total. The fraction of sp³-hybridized carbons (Fsp3) is 0.400. The Labute approximate surface area is 187 Å². The maximum atomic E-state index is 13.3. The van der Waals surface area contributed by atoms with Gasteiger partial charge in [-0.3, -0.25) is 4.79 Å². The molecule has 0 amide bonds. The Morgan fingerprint density at radius 3 is 2.81 bits per heavy atom. The normalized spacial score (nSPS) is 16.2. The predicted octanol–water partition coefficient (Wildman–Crippen LogP) is 4.32. The van der Waals surface area contributed by atoms with Crippen LogP contribution in [0.2, 0.25) is 0 Å². The smallest absolute Gasteiger partial charge is 0.344 e. The van der Waals surface area contributed by atoms with E-state index >= 15 is 0 Å². The summed E-state index contributed by atoms with van der Waals surface area (Å²) in [5.74, 6) is 0.735. The van der Waals surface area contributed by atoms with E-state index in [1.54, 1.807) is 13.8 Å². The van der Waals surface area contributed by atoms with E-state index in [9.17, 15) is 9.59 Å². The molecule has 1 atom stereocenters. The molecule has 4 rings (SSSR count). The highest BCUT2D eigenvalue weighted by molar-refractivity contribution is 6.00. The predicted molar refractivity (Wildman–Crippen MR) is 126 cm³/mol. The van der Waals surface area contributed by atoms with Gasteiger partial charge in [0.25, 0.3) is 0 Å². The summed E-state index contributed by atoms with van der Waals surface area (Å²) in [5, 5.41) is 0.931. The maximum Gasteiger partial charge on any atom is 0.344 e. The fourth-order valence-electron chi connectivity index (χ4n) is 4.46. The zero-order valence-electron chi connectivity index (χ0n) is 19.0. The summed E-state index contributed by atoms with van der Waals surface area (Å²) in [6.45, 7) is 7.62. The molecule has 0 saturated carbocycles. The van der Waals surface area contributed by atoms with E-state index in [4.69, 9.17) is 14.5 Å². The number of hydrogen-bond donors (Lipinski definition) is 1. The van der Waals surface area contributed by atoms with Crippen molar-refractivity contribution in [2.45, 2.75) is 33.6 Å². The lowest BCUT2D eigenvalue weighted by atomic mass is 9.98. The van der Waals surface area contributed by atoms with Gasteiger partial charge in [-0.2, -0.15) is 0 Å². The van der Waals surface area contributed by atoms with E-state index < -0.39 is 11.4 Å². The van der Waals surface area contributed by atoms with Gasteiger partial charge < -0.3 is 19.4 Å². The average Bonchev–Trinajstić information content (AvgIpc) is 2.78. The van der Waals surface area contributed by atoms with Crippen LogP contribution in [-0.2, 0) is 4.74 Å². The number of ether oxygens (including phenoxy) is 2. The number of piperidine rings is 1. The first-order valence-corrected chi connectivity index (χ1v) is 11.1. The Kier molecular flexibility index (Phi) is 6.17. The average molecular weight is 436 g/mol. The summed E-state index contributed by atoms with van der Waals surface area (Å²) in [6.07, 6.45) is 2.24. The summed E-state index contributed by atoms with van der Waals surface area (Å²) in [4.78, 5) is 36.7. The molecule has 2 aromatic heterocycles. The number of nitrogens with one attached hydrogen (secondary N) is 1. The summed E-state index contributed by atoms with van der Waals surface area (Å²) in [7, 11) is 1.42. The number of hydrogen-bond acceptors (Lipinski definition) is 6. The Balaban J connectivity index is 2.03. The van der Waals surface area contributed by atoms with E-state index in [-0.39, 0.29) is 17.9 Å². The first kappa shape index (κ1) is 21.9. The highest BCUT2D eigenvalue weighted by atomic mass is 16.5. The van der Waals surface area contributed by atoms with Gasteiger partial charge in [0.15, 0.2) is 5.75 Å². The van der Waals surface area contributed by atoms with Crippen LogP contribution in [0.4, 0.5) is 5.82 Å². The van der Waals surface area contributed by atoms with Crippen molar-refractivity contribution in [1.29, 1.82) is 0 Å². The van der Waals surface area contributed by atoms with Gasteiger partial charge in [-0.15, -0.1) is 0 Å². The fourth-order valence-corrected chi connectivity index (χ4v) is 4.46. The molecular formula is C25H29N3O4. The van der Waals surface area contributed by atoms with Crippen molar-refractivity contribution in [2.75, 3.05) is 31.7 Å². The molecular weight excluding hydrogens is 406 g/mol. The van der Waals surface area contributed by atoms with E-state index in [0.717, 1.165) is 36.2 Å². The number of aromatic nitrogens is 2. The second-order valence-corrected chi connectivity index (χ2v) is 8.33. The van der Waals surface area contributed by atoms with Crippen molar-refractivity contribution in [3.63, 3.8) is 0 Å². The van der Waals surface area contributed by atoms with E-state index in [2.05, 4.69) is 16.8 Å². The third-order valence-electron chi connectivity index (χ3n) is 5.95. The molecule has 32 heavy (non-hydrogen) atoms. The zero-order valence-corrected chi connectivity index (χ0v) is 19.0. The molecule has 3 aromatic rings. The standard InChI is InChI=1S/C25H29N3O4/c1-5-32-25(30)20-21(26-16(3)23(31-4)22(20)29)18-13-17-10-6-7-11-19(17)27-24(18)28-12-8-9-15(2)14-28/h6-7,10-11,13,15H,5,8-9,12,14H2,1-4H3,(H,26,29). The van der Waals surface area contributed by atoms with Crippen LogP contribution in [0.15, 0.2) is 35.1 Å². The van der Waals surface area contributed by atoms with Gasteiger partial charge in [0.2, 0.25) is 5.43 Å². The number of methoxy groups -OCH3 is 1. The molecule has 1 aromatic carbocycles. The number of fused-ring (bicyclic) bond motifs is 1. The monoisotopic (exact) mass is 435 g/mol. The van der Waals surface area contributed by atoms with Crippen LogP contribution in [0.5, 0.6) is 5.75 Å². The molecule has 1 saturated heterocycles. The summed E-state index contributed by atoms with van der Waals surface area (Å²) in [5.41, 5.74) is 2.00. The van der Waals surface area contributed by atoms with E-state index in [0.29, 0.717) is 22.9 Å². The van der Waals surface area contributed by atoms with Crippen LogP contribution in [0.3, 0.4) is 0 Å². The molecule has 0 radical (unpaired) electrons.